The van der Waals surface area contributed by atoms with Crippen molar-refractivity contribution >= 4 is 34.9 Å². The van der Waals surface area contributed by atoms with Crippen LogP contribution in [0.15, 0.2) is 208 Å². The summed E-state index contributed by atoms with van der Waals surface area (Å²) in [5.41, 5.74) is 13.5. The van der Waals surface area contributed by atoms with Crippen LogP contribution in [0.4, 0.5) is 11.4 Å². The number of benzene rings is 7. The molecule has 0 bridgehead atoms. The highest BCUT2D eigenvalue weighted by Gasteiger charge is 2.25. The normalized spacial score (nSPS) is 14.5. The maximum Gasteiger partial charge on any atom is 0.0423 e. The van der Waals surface area contributed by atoms with Gasteiger partial charge in [0.05, 0.1) is 0 Å². The summed E-state index contributed by atoms with van der Waals surface area (Å²) in [4.78, 5) is 5.01. The molecule has 3 heteroatoms. The molecule has 51 heavy (non-hydrogen) atoms. The second-order valence-electron chi connectivity index (χ2n) is 12.9. The van der Waals surface area contributed by atoms with Crippen molar-refractivity contribution in [3.8, 4) is 44.5 Å². The van der Waals surface area contributed by atoms with Gasteiger partial charge >= 0.3 is 0 Å². The zero-order valence-corrected chi connectivity index (χ0v) is 29.6. The first-order chi connectivity index (χ1) is 25.3. The first kappa shape index (κ1) is 31.5. The standard InChI is InChI=1S/C48H35NS2/c1-4-16-33(17-5-1)37-24-14-28-45-47(37)48-38(25-15-29-46(48)51-44-27-13-11-23-40(44)39-22-10-12-26-43(39)50-45)35-30-31-42(49-36-20-8-3-9-21-36)41(32-35)34-18-6-2-7-19-34/h1-18,20-32,34,49H,19H2. The number of nitrogens with one attached hydrogen (secondary N) is 1. The molecule has 0 aromatic heterocycles. The Morgan fingerprint density at radius 1 is 0.451 bits per heavy atom. The van der Waals surface area contributed by atoms with E-state index in [0.717, 1.165) is 17.8 Å². The van der Waals surface area contributed by atoms with E-state index in [9.17, 15) is 0 Å². The molecule has 1 unspecified atom stereocenters. The van der Waals surface area contributed by atoms with Crippen molar-refractivity contribution in [1.82, 2.24) is 0 Å². The van der Waals surface area contributed by atoms with E-state index < -0.39 is 0 Å². The maximum atomic E-state index is 3.75. The molecule has 7 aromatic rings. The first-order valence-corrected chi connectivity index (χ1v) is 19.1. The van der Waals surface area contributed by atoms with Gasteiger partial charge in [0.1, 0.15) is 0 Å². The number of hydrogen-bond acceptors (Lipinski definition) is 3. The summed E-state index contributed by atoms with van der Waals surface area (Å²) in [6.45, 7) is 0. The summed E-state index contributed by atoms with van der Waals surface area (Å²) < 4.78 is 0. The predicted octanol–water partition coefficient (Wildman–Crippen LogP) is 14.3. The van der Waals surface area contributed by atoms with Crippen LogP contribution < -0.4 is 5.32 Å². The van der Waals surface area contributed by atoms with Crippen molar-refractivity contribution < 1.29 is 0 Å². The second kappa shape index (κ2) is 14.0. The molecule has 1 aliphatic carbocycles. The highest BCUT2D eigenvalue weighted by Crippen LogP contribution is 2.53. The minimum Gasteiger partial charge on any atom is -0.355 e. The molecule has 244 valence electrons. The summed E-state index contributed by atoms with van der Waals surface area (Å²) in [6, 6.07) is 59.8. The highest BCUT2D eigenvalue weighted by atomic mass is 32.2. The number of rotatable bonds is 5. The lowest BCUT2D eigenvalue weighted by Gasteiger charge is -2.25. The van der Waals surface area contributed by atoms with Crippen LogP contribution in [0.3, 0.4) is 0 Å². The predicted molar refractivity (Wildman–Crippen MR) is 218 cm³/mol. The average molecular weight is 690 g/mol. The summed E-state index contributed by atoms with van der Waals surface area (Å²) in [6.07, 6.45) is 9.92. The van der Waals surface area contributed by atoms with Gasteiger partial charge in [0.15, 0.2) is 0 Å². The average Bonchev–Trinajstić information content (AvgIpc) is 3.19. The lowest BCUT2D eigenvalue weighted by molar-refractivity contribution is 0.856. The Kier molecular flexibility index (Phi) is 8.67. The molecule has 1 nitrogen and oxygen atoms in total. The van der Waals surface area contributed by atoms with Crippen LogP contribution in [0, 0.1) is 0 Å². The molecule has 0 saturated heterocycles. The third-order valence-corrected chi connectivity index (χ3v) is 12.0. The summed E-state index contributed by atoms with van der Waals surface area (Å²) >= 11 is 3.75. The van der Waals surface area contributed by atoms with Crippen LogP contribution in [-0.4, -0.2) is 0 Å². The van der Waals surface area contributed by atoms with Crippen molar-refractivity contribution in [2.24, 2.45) is 0 Å². The van der Waals surface area contributed by atoms with Gasteiger partial charge in [-0.05, 0) is 93.9 Å². The van der Waals surface area contributed by atoms with Gasteiger partial charge in [0, 0.05) is 48.0 Å². The van der Waals surface area contributed by atoms with Gasteiger partial charge in [-0.15, -0.1) is 0 Å². The molecule has 1 atom stereocenters. The molecule has 0 radical (unpaired) electrons. The van der Waals surface area contributed by atoms with Crippen molar-refractivity contribution in [2.75, 3.05) is 5.32 Å². The molecular weight excluding hydrogens is 655 g/mol. The van der Waals surface area contributed by atoms with Crippen LogP contribution in [-0.2, 0) is 0 Å². The quantitative estimate of drug-likeness (QED) is 0.193. The van der Waals surface area contributed by atoms with Gasteiger partial charge in [0.2, 0.25) is 0 Å². The van der Waals surface area contributed by atoms with Crippen LogP contribution in [0.2, 0.25) is 0 Å². The Labute approximate surface area is 308 Å². The van der Waals surface area contributed by atoms with Crippen molar-refractivity contribution in [3.05, 3.63) is 194 Å². The van der Waals surface area contributed by atoms with Gasteiger partial charge in [0.25, 0.3) is 0 Å². The van der Waals surface area contributed by atoms with Gasteiger partial charge < -0.3 is 5.32 Å². The van der Waals surface area contributed by atoms with Crippen LogP contribution in [0.25, 0.3) is 44.5 Å². The monoisotopic (exact) mass is 689 g/mol. The highest BCUT2D eigenvalue weighted by molar-refractivity contribution is 8.00. The van der Waals surface area contributed by atoms with Gasteiger partial charge in [-0.3, -0.25) is 0 Å². The minimum absolute atomic E-state index is 0.277. The number of para-hydroxylation sites is 1. The van der Waals surface area contributed by atoms with E-state index in [1.54, 1.807) is 0 Å². The topological polar surface area (TPSA) is 12.0 Å². The number of allylic oxidation sites excluding steroid dienone is 4. The number of anilines is 2. The van der Waals surface area contributed by atoms with Gasteiger partial charge in [-0.1, -0.05) is 163 Å². The zero-order valence-electron chi connectivity index (χ0n) is 28.0. The molecule has 0 spiro atoms. The van der Waals surface area contributed by atoms with E-state index in [1.807, 2.05) is 23.5 Å². The molecule has 9 rings (SSSR count). The Morgan fingerprint density at radius 2 is 1.00 bits per heavy atom. The third-order valence-electron chi connectivity index (χ3n) is 9.69. The smallest absolute Gasteiger partial charge is 0.0423 e. The van der Waals surface area contributed by atoms with E-state index in [4.69, 9.17) is 0 Å². The van der Waals surface area contributed by atoms with Crippen LogP contribution in [0.1, 0.15) is 17.9 Å². The van der Waals surface area contributed by atoms with E-state index >= 15 is 0 Å². The van der Waals surface area contributed by atoms with E-state index in [-0.39, 0.29) is 5.92 Å². The summed E-state index contributed by atoms with van der Waals surface area (Å²) in [5.74, 6) is 0.277. The molecule has 1 aliphatic heterocycles. The molecule has 1 N–H and O–H groups in total. The van der Waals surface area contributed by atoms with Crippen molar-refractivity contribution in [1.29, 1.82) is 0 Å². The molecule has 0 fully saturated rings. The van der Waals surface area contributed by atoms with Crippen LogP contribution in [0.5, 0.6) is 0 Å². The van der Waals surface area contributed by atoms with Crippen LogP contribution >= 0.6 is 23.5 Å². The molecule has 0 amide bonds. The Balaban J connectivity index is 1.31. The summed E-state index contributed by atoms with van der Waals surface area (Å²) in [7, 11) is 0. The first-order valence-electron chi connectivity index (χ1n) is 17.5. The number of hydrogen-bond donors (Lipinski definition) is 1. The minimum atomic E-state index is 0.277. The number of fused-ring (bicyclic) bond motifs is 6. The Bertz CT molecular complexity index is 2430. The summed E-state index contributed by atoms with van der Waals surface area (Å²) in [5, 5.41) is 3.75. The fraction of sp³-hybridized carbons (Fsp3) is 0.0417. The fourth-order valence-electron chi connectivity index (χ4n) is 7.28. The van der Waals surface area contributed by atoms with E-state index in [2.05, 4.69) is 193 Å². The van der Waals surface area contributed by atoms with Gasteiger partial charge in [-0.2, -0.15) is 0 Å². The lowest BCUT2D eigenvalue weighted by Crippen LogP contribution is -2.03. The Hall–Kier alpha value is -5.48. The molecule has 1 heterocycles. The largest absolute Gasteiger partial charge is 0.355 e. The maximum absolute atomic E-state index is 3.75. The van der Waals surface area contributed by atoms with E-state index in [1.165, 1.54) is 69.7 Å². The van der Waals surface area contributed by atoms with E-state index in [0.29, 0.717) is 0 Å². The molecule has 7 aromatic carbocycles. The lowest BCUT2D eigenvalue weighted by atomic mass is 9.86. The SMILES string of the molecule is C1=CCC(c2cc(-c3cccc4c3-c3c(cccc3-c3ccccc3)Sc3ccccc3-c3ccccc3S4)ccc2Nc2ccccc2)C=C1. The van der Waals surface area contributed by atoms with Gasteiger partial charge in [-0.25, -0.2) is 0 Å². The van der Waals surface area contributed by atoms with Crippen molar-refractivity contribution in [2.45, 2.75) is 31.9 Å². The van der Waals surface area contributed by atoms with Crippen molar-refractivity contribution in [3.63, 3.8) is 0 Å². The Morgan fingerprint density at radius 3 is 1.63 bits per heavy atom. The molecule has 0 saturated carbocycles. The third kappa shape index (κ3) is 6.25. The zero-order chi connectivity index (χ0) is 34.0. The second-order valence-corrected chi connectivity index (χ2v) is 15.0. The molecular formula is C48H35NS2. The fourth-order valence-corrected chi connectivity index (χ4v) is 9.54. The molecule has 2 aliphatic rings.